The molecule has 0 fully saturated rings. The number of rotatable bonds is 4. The lowest BCUT2D eigenvalue weighted by atomic mass is 9.91. The van der Waals surface area contributed by atoms with Gasteiger partial charge in [0, 0.05) is 10.6 Å². The van der Waals surface area contributed by atoms with Crippen molar-refractivity contribution in [2.45, 2.75) is 6.92 Å². The van der Waals surface area contributed by atoms with Crippen LogP contribution in [0.3, 0.4) is 0 Å². The number of phenols is 1. The summed E-state index contributed by atoms with van der Waals surface area (Å²) in [6, 6.07) is 9.00. The van der Waals surface area contributed by atoms with Crippen LogP contribution in [0.5, 0.6) is 5.75 Å². The highest BCUT2D eigenvalue weighted by atomic mass is 35.5. The van der Waals surface area contributed by atoms with Crippen molar-refractivity contribution in [1.29, 1.82) is 0 Å². The van der Waals surface area contributed by atoms with Crippen LogP contribution in [0.4, 0.5) is 4.39 Å². The SMILES string of the molecule is CC(C(=O)c1ccc(F)cc1)C(=O)c1cc(Cl)ccc1O. The van der Waals surface area contributed by atoms with Crippen molar-refractivity contribution >= 4 is 23.2 Å². The van der Waals surface area contributed by atoms with Crippen LogP contribution in [0, 0.1) is 11.7 Å². The number of hydrogen-bond acceptors (Lipinski definition) is 3. The number of carbonyl (C=O) groups is 2. The van der Waals surface area contributed by atoms with Gasteiger partial charge in [0.25, 0.3) is 0 Å². The first-order valence-corrected chi connectivity index (χ1v) is 6.60. The molecule has 2 rings (SSSR count). The summed E-state index contributed by atoms with van der Waals surface area (Å²) in [5, 5.41) is 9.99. The molecule has 0 saturated carbocycles. The molecular weight excluding hydrogens is 295 g/mol. The summed E-state index contributed by atoms with van der Waals surface area (Å²) < 4.78 is 12.8. The molecule has 5 heteroatoms. The van der Waals surface area contributed by atoms with E-state index in [1.807, 2.05) is 0 Å². The van der Waals surface area contributed by atoms with Gasteiger partial charge in [0.2, 0.25) is 0 Å². The van der Waals surface area contributed by atoms with E-state index in [4.69, 9.17) is 11.6 Å². The quantitative estimate of drug-likeness (QED) is 0.689. The standard InChI is InChI=1S/C16H12ClFO3/c1-9(15(20)10-2-5-12(18)6-3-10)16(21)13-8-11(17)4-7-14(13)19/h2-9,19H,1H3. The summed E-state index contributed by atoms with van der Waals surface area (Å²) in [7, 11) is 0. The van der Waals surface area contributed by atoms with Gasteiger partial charge in [-0.1, -0.05) is 11.6 Å². The Morgan fingerprint density at radius 1 is 1.10 bits per heavy atom. The van der Waals surface area contributed by atoms with Crippen LogP contribution in [0.15, 0.2) is 42.5 Å². The van der Waals surface area contributed by atoms with Crippen molar-refractivity contribution in [3.8, 4) is 5.75 Å². The normalized spacial score (nSPS) is 12.0. The van der Waals surface area contributed by atoms with Crippen LogP contribution < -0.4 is 0 Å². The molecule has 0 amide bonds. The fourth-order valence-electron chi connectivity index (χ4n) is 1.92. The zero-order chi connectivity index (χ0) is 15.6. The Hall–Kier alpha value is -2.20. The zero-order valence-corrected chi connectivity index (χ0v) is 11.9. The molecule has 0 bridgehead atoms. The number of phenolic OH excluding ortho intramolecular Hbond substituents is 1. The topological polar surface area (TPSA) is 54.4 Å². The highest BCUT2D eigenvalue weighted by Crippen LogP contribution is 2.25. The second kappa shape index (κ2) is 6.06. The summed E-state index contributed by atoms with van der Waals surface area (Å²) in [5.41, 5.74) is 0.226. The zero-order valence-electron chi connectivity index (χ0n) is 11.1. The number of carbonyl (C=O) groups excluding carboxylic acids is 2. The van der Waals surface area contributed by atoms with Gasteiger partial charge in [-0.25, -0.2) is 4.39 Å². The highest BCUT2D eigenvalue weighted by molar-refractivity contribution is 6.31. The van der Waals surface area contributed by atoms with Crippen molar-refractivity contribution in [3.05, 3.63) is 64.4 Å². The third-order valence-corrected chi connectivity index (χ3v) is 3.37. The Morgan fingerprint density at radius 3 is 2.33 bits per heavy atom. The number of Topliss-reactive ketones (excluding diaryl/α,β-unsaturated/α-hetero) is 2. The Labute approximate surface area is 126 Å². The maximum absolute atomic E-state index is 12.8. The van der Waals surface area contributed by atoms with Crippen LogP contribution in [0.1, 0.15) is 27.6 Å². The van der Waals surface area contributed by atoms with Gasteiger partial charge in [0.15, 0.2) is 11.6 Å². The van der Waals surface area contributed by atoms with Gasteiger partial charge >= 0.3 is 0 Å². The minimum absolute atomic E-state index is 0.00883. The lowest BCUT2D eigenvalue weighted by Gasteiger charge is -2.11. The lowest BCUT2D eigenvalue weighted by molar-refractivity contribution is 0.0819. The molecule has 0 spiro atoms. The Balaban J connectivity index is 2.28. The van der Waals surface area contributed by atoms with Gasteiger partial charge in [-0.15, -0.1) is 0 Å². The molecule has 0 aliphatic heterocycles. The molecule has 0 aliphatic carbocycles. The van der Waals surface area contributed by atoms with Gasteiger partial charge in [-0.05, 0) is 49.4 Å². The molecule has 1 atom stereocenters. The number of halogens is 2. The first-order valence-electron chi connectivity index (χ1n) is 6.22. The van der Waals surface area contributed by atoms with E-state index in [1.54, 1.807) is 0 Å². The highest BCUT2D eigenvalue weighted by Gasteiger charge is 2.26. The molecule has 1 unspecified atom stereocenters. The van der Waals surface area contributed by atoms with Crippen molar-refractivity contribution in [1.82, 2.24) is 0 Å². The van der Waals surface area contributed by atoms with Gasteiger partial charge in [0.1, 0.15) is 11.6 Å². The summed E-state index contributed by atoms with van der Waals surface area (Å²) in [5.74, 6) is -2.68. The van der Waals surface area contributed by atoms with Crippen molar-refractivity contribution in [2.24, 2.45) is 5.92 Å². The van der Waals surface area contributed by atoms with E-state index in [-0.39, 0.29) is 21.9 Å². The summed E-state index contributed by atoms with van der Waals surface area (Å²) in [6.45, 7) is 1.44. The molecule has 0 heterocycles. The third-order valence-electron chi connectivity index (χ3n) is 3.14. The maximum atomic E-state index is 12.8. The minimum atomic E-state index is -1.00. The molecule has 3 nitrogen and oxygen atoms in total. The van der Waals surface area contributed by atoms with Gasteiger partial charge in [0.05, 0.1) is 11.5 Å². The summed E-state index contributed by atoms with van der Waals surface area (Å²) >= 11 is 5.79. The molecule has 1 N–H and O–H groups in total. The van der Waals surface area contributed by atoms with E-state index in [1.165, 1.54) is 37.3 Å². The molecular formula is C16H12ClFO3. The smallest absolute Gasteiger partial charge is 0.177 e. The second-order valence-corrected chi connectivity index (χ2v) is 5.05. The monoisotopic (exact) mass is 306 g/mol. The van der Waals surface area contributed by atoms with Crippen LogP contribution in [-0.2, 0) is 0 Å². The maximum Gasteiger partial charge on any atom is 0.177 e. The fourth-order valence-corrected chi connectivity index (χ4v) is 2.09. The predicted octanol–water partition coefficient (Wildman–Crippen LogP) is 3.89. The average Bonchev–Trinajstić information content (AvgIpc) is 2.48. The molecule has 2 aromatic rings. The van der Waals surface area contributed by atoms with E-state index in [9.17, 15) is 19.1 Å². The second-order valence-electron chi connectivity index (χ2n) is 4.62. The van der Waals surface area contributed by atoms with Crippen LogP contribution in [-0.4, -0.2) is 16.7 Å². The van der Waals surface area contributed by atoms with E-state index in [0.717, 1.165) is 12.1 Å². The lowest BCUT2D eigenvalue weighted by Crippen LogP contribution is -2.21. The van der Waals surface area contributed by atoms with Gasteiger partial charge in [-0.3, -0.25) is 9.59 Å². The minimum Gasteiger partial charge on any atom is -0.507 e. The van der Waals surface area contributed by atoms with Crippen molar-refractivity contribution < 1.29 is 19.1 Å². The van der Waals surface area contributed by atoms with E-state index in [0.29, 0.717) is 0 Å². The number of hydrogen-bond donors (Lipinski definition) is 1. The molecule has 0 aliphatic rings. The largest absolute Gasteiger partial charge is 0.507 e. The van der Waals surface area contributed by atoms with E-state index < -0.39 is 23.3 Å². The van der Waals surface area contributed by atoms with Crippen LogP contribution in [0.25, 0.3) is 0 Å². The van der Waals surface area contributed by atoms with Crippen molar-refractivity contribution in [2.75, 3.05) is 0 Å². The number of ketones is 2. The predicted molar refractivity (Wildman–Crippen MR) is 77.3 cm³/mol. The average molecular weight is 307 g/mol. The molecule has 0 aromatic heterocycles. The van der Waals surface area contributed by atoms with E-state index in [2.05, 4.69) is 0 Å². The van der Waals surface area contributed by atoms with Crippen LogP contribution in [0.2, 0.25) is 5.02 Å². The summed E-state index contributed by atoms with van der Waals surface area (Å²) in [6.07, 6.45) is 0. The molecule has 2 aromatic carbocycles. The van der Waals surface area contributed by atoms with Crippen molar-refractivity contribution in [3.63, 3.8) is 0 Å². The first kappa shape index (κ1) is 15.2. The van der Waals surface area contributed by atoms with E-state index >= 15 is 0 Å². The number of aromatic hydroxyl groups is 1. The molecule has 21 heavy (non-hydrogen) atoms. The first-order chi connectivity index (χ1) is 9.90. The fraction of sp³-hybridized carbons (Fsp3) is 0.125. The van der Waals surface area contributed by atoms with Crippen LogP contribution >= 0.6 is 11.6 Å². The number of benzene rings is 2. The van der Waals surface area contributed by atoms with Gasteiger partial charge < -0.3 is 5.11 Å². The Morgan fingerprint density at radius 2 is 1.71 bits per heavy atom. The van der Waals surface area contributed by atoms with Gasteiger partial charge in [-0.2, -0.15) is 0 Å². The molecule has 0 saturated heterocycles. The summed E-state index contributed by atoms with van der Waals surface area (Å²) in [4.78, 5) is 24.5. The third kappa shape index (κ3) is 3.28. The Bertz CT molecular complexity index is 695. The Kier molecular flexibility index (Phi) is 4.38. The molecule has 108 valence electrons. The molecule has 0 radical (unpaired) electrons.